The molecular weight excluding hydrogens is 449 g/mol. The standard InChI is InChI=1S/C23H25F3N6O2/c1-3-31-18(9-10-27-31)22(34)29-17-6-4-5-16(11-17)28-21(33)14(2)13-32-19(15-7-8-15)12-20(30-32)23(24,25)26/h4-6,9-12,14-15H,3,7-8,13H2,1-2H3,(H,28,33)(H,29,34). The molecule has 0 aliphatic heterocycles. The van der Waals surface area contributed by atoms with Gasteiger partial charge in [-0.2, -0.15) is 23.4 Å². The van der Waals surface area contributed by atoms with Crippen LogP contribution in [0.15, 0.2) is 42.6 Å². The van der Waals surface area contributed by atoms with Crippen LogP contribution in [-0.2, 0) is 24.1 Å². The number of carbonyl (C=O) groups is 2. The predicted molar refractivity (Wildman–Crippen MR) is 119 cm³/mol. The molecule has 1 aliphatic carbocycles. The third-order valence-corrected chi connectivity index (χ3v) is 5.63. The first-order valence-corrected chi connectivity index (χ1v) is 11.0. The number of benzene rings is 1. The molecule has 0 saturated heterocycles. The van der Waals surface area contributed by atoms with Gasteiger partial charge in [0.2, 0.25) is 5.91 Å². The summed E-state index contributed by atoms with van der Waals surface area (Å²) in [7, 11) is 0. The van der Waals surface area contributed by atoms with Crippen LogP contribution in [0.3, 0.4) is 0 Å². The maximum atomic E-state index is 13.1. The van der Waals surface area contributed by atoms with Crippen LogP contribution in [0.25, 0.3) is 0 Å². The Hall–Kier alpha value is -3.63. The van der Waals surface area contributed by atoms with E-state index in [1.165, 1.54) is 4.68 Å². The average Bonchev–Trinajstić information content (AvgIpc) is 3.34. The van der Waals surface area contributed by atoms with Gasteiger partial charge >= 0.3 is 6.18 Å². The van der Waals surface area contributed by atoms with Gasteiger partial charge in [-0.1, -0.05) is 13.0 Å². The summed E-state index contributed by atoms with van der Waals surface area (Å²) in [4.78, 5) is 25.3. The van der Waals surface area contributed by atoms with Crippen molar-refractivity contribution < 1.29 is 22.8 Å². The largest absolute Gasteiger partial charge is 0.435 e. The number of alkyl halides is 3. The number of halogens is 3. The van der Waals surface area contributed by atoms with Crippen molar-refractivity contribution in [3.05, 3.63) is 59.7 Å². The van der Waals surface area contributed by atoms with Gasteiger partial charge in [-0.05, 0) is 50.1 Å². The Bertz CT molecular complexity index is 1200. The molecule has 3 aromatic rings. The molecule has 11 heteroatoms. The SMILES string of the molecule is CCn1nccc1C(=O)Nc1cccc(NC(=O)C(C)Cn2nc(C(F)(F)F)cc2C2CC2)c1. The zero-order valence-corrected chi connectivity index (χ0v) is 18.8. The second-order valence-electron chi connectivity index (χ2n) is 8.37. The fourth-order valence-corrected chi connectivity index (χ4v) is 3.68. The second kappa shape index (κ2) is 9.32. The van der Waals surface area contributed by atoms with Crippen LogP contribution in [0.4, 0.5) is 24.5 Å². The van der Waals surface area contributed by atoms with Gasteiger partial charge in [-0.3, -0.25) is 19.0 Å². The molecule has 4 rings (SSSR count). The minimum atomic E-state index is -4.53. The number of aryl methyl sites for hydroxylation is 1. The van der Waals surface area contributed by atoms with Gasteiger partial charge in [0, 0.05) is 35.7 Å². The molecule has 2 heterocycles. The Morgan fingerprint density at radius 3 is 2.47 bits per heavy atom. The number of hydrogen-bond donors (Lipinski definition) is 2. The topological polar surface area (TPSA) is 93.8 Å². The van der Waals surface area contributed by atoms with Crippen molar-refractivity contribution in [3.8, 4) is 0 Å². The summed E-state index contributed by atoms with van der Waals surface area (Å²) < 4.78 is 42.2. The third-order valence-electron chi connectivity index (χ3n) is 5.63. The second-order valence-corrected chi connectivity index (χ2v) is 8.37. The van der Waals surface area contributed by atoms with E-state index in [2.05, 4.69) is 20.8 Å². The number of amides is 2. The highest BCUT2D eigenvalue weighted by Crippen LogP contribution is 2.42. The molecule has 0 bridgehead atoms. The molecule has 0 spiro atoms. The Kier molecular flexibility index (Phi) is 6.45. The van der Waals surface area contributed by atoms with E-state index in [0.717, 1.165) is 18.9 Å². The lowest BCUT2D eigenvalue weighted by molar-refractivity contribution is -0.141. The van der Waals surface area contributed by atoms with Gasteiger partial charge < -0.3 is 10.6 Å². The molecule has 2 aromatic heterocycles. The maximum Gasteiger partial charge on any atom is 0.435 e. The van der Waals surface area contributed by atoms with E-state index in [9.17, 15) is 22.8 Å². The van der Waals surface area contributed by atoms with Crippen LogP contribution in [0.1, 0.15) is 54.5 Å². The van der Waals surface area contributed by atoms with Crippen LogP contribution >= 0.6 is 0 Å². The van der Waals surface area contributed by atoms with E-state index in [1.807, 2.05) is 6.92 Å². The molecular formula is C23H25F3N6O2. The van der Waals surface area contributed by atoms with E-state index < -0.39 is 17.8 Å². The molecule has 180 valence electrons. The summed E-state index contributed by atoms with van der Waals surface area (Å²) in [5.74, 6) is -1.26. The molecule has 1 saturated carbocycles. The number of nitrogens with one attached hydrogen (secondary N) is 2. The molecule has 0 radical (unpaired) electrons. The van der Waals surface area contributed by atoms with Crippen molar-refractivity contribution in [1.82, 2.24) is 19.6 Å². The van der Waals surface area contributed by atoms with E-state index in [0.29, 0.717) is 29.3 Å². The van der Waals surface area contributed by atoms with Crippen molar-refractivity contribution >= 4 is 23.2 Å². The van der Waals surface area contributed by atoms with E-state index in [-0.39, 0.29) is 24.3 Å². The number of anilines is 2. The van der Waals surface area contributed by atoms with Crippen molar-refractivity contribution in [2.24, 2.45) is 5.92 Å². The van der Waals surface area contributed by atoms with E-state index in [4.69, 9.17) is 0 Å². The average molecular weight is 474 g/mol. The summed E-state index contributed by atoms with van der Waals surface area (Å²) in [6.07, 6.45) is -1.34. The van der Waals surface area contributed by atoms with Gasteiger partial charge in [0.1, 0.15) is 5.69 Å². The lowest BCUT2D eigenvalue weighted by atomic mass is 10.1. The van der Waals surface area contributed by atoms with Gasteiger partial charge in [0.25, 0.3) is 5.91 Å². The van der Waals surface area contributed by atoms with Gasteiger partial charge in [0.15, 0.2) is 5.69 Å². The van der Waals surface area contributed by atoms with Crippen LogP contribution in [0.5, 0.6) is 0 Å². The third kappa shape index (κ3) is 5.29. The Morgan fingerprint density at radius 2 is 1.82 bits per heavy atom. The number of aromatic nitrogens is 4. The van der Waals surface area contributed by atoms with Crippen molar-refractivity contribution in [2.75, 3.05) is 10.6 Å². The fourth-order valence-electron chi connectivity index (χ4n) is 3.68. The van der Waals surface area contributed by atoms with Crippen molar-refractivity contribution in [3.63, 3.8) is 0 Å². The smallest absolute Gasteiger partial charge is 0.326 e. The van der Waals surface area contributed by atoms with Gasteiger partial charge in [-0.25, -0.2) is 0 Å². The Labute approximate surface area is 194 Å². The van der Waals surface area contributed by atoms with Gasteiger partial charge in [-0.15, -0.1) is 0 Å². The lowest BCUT2D eigenvalue weighted by Crippen LogP contribution is -2.25. The predicted octanol–water partition coefficient (Wildman–Crippen LogP) is 4.52. The van der Waals surface area contributed by atoms with Crippen molar-refractivity contribution in [1.29, 1.82) is 0 Å². The zero-order chi connectivity index (χ0) is 24.5. The summed E-state index contributed by atoms with van der Waals surface area (Å²) >= 11 is 0. The van der Waals surface area contributed by atoms with E-state index in [1.54, 1.807) is 48.1 Å². The summed E-state index contributed by atoms with van der Waals surface area (Å²) in [5.41, 5.74) is 0.932. The highest BCUT2D eigenvalue weighted by atomic mass is 19.4. The molecule has 8 nitrogen and oxygen atoms in total. The number of rotatable bonds is 8. The minimum absolute atomic E-state index is 0.0329. The number of nitrogens with zero attached hydrogens (tertiary/aromatic N) is 4. The molecule has 34 heavy (non-hydrogen) atoms. The fraction of sp³-hybridized carbons (Fsp3) is 0.391. The highest BCUT2D eigenvalue weighted by molar-refractivity contribution is 6.03. The van der Waals surface area contributed by atoms with Gasteiger partial charge in [0.05, 0.1) is 12.5 Å². The van der Waals surface area contributed by atoms with Crippen molar-refractivity contribution in [2.45, 2.75) is 51.9 Å². The summed E-state index contributed by atoms with van der Waals surface area (Å²) in [6.45, 7) is 4.10. The summed E-state index contributed by atoms with van der Waals surface area (Å²) in [6, 6.07) is 9.35. The first-order valence-electron chi connectivity index (χ1n) is 11.0. The molecule has 1 aliphatic rings. The molecule has 1 atom stereocenters. The molecule has 2 N–H and O–H groups in total. The first-order chi connectivity index (χ1) is 16.2. The summed E-state index contributed by atoms with van der Waals surface area (Å²) in [5, 5.41) is 13.3. The first kappa shape index (κ1) is 23.5. The van der Waals surface area contributed by atoms with Crippen LogP contribution in [0.2, 0.25) is 0 Å². The monoisotopic (exact) mass is 474 g/mol. The molecule has 1 fully saturated rings. The minimum Gasteiger partial charge on any atom is -0.326 e. The lowest BCUT2D eigenvalue weighted by Gasteiger charge is -2.15. The maximum absolute atomic E-state index is 13.1. The molecule has 1 aromatic carbocycles. The molecule has 2 amide bonds. The highest BCUT2D eigenvalue weighted by Gasteiger charge is 2.38. The zero-order valence-electron chi connectivity index (χ0n) is 18.8. The number of carbonyl (C=O) groups excluding carboxylic acids is 2. The quantitative estimate of drug-likeness (QED) is 0.502. The van der Waals surface area contributed by atoms with Crippen LogP contribution in [-0.4, -0.2) is 31.4 Å². The normalized spacial score (nSPS) is 14.6. The Morgan fingerprint density at radius 1 is 1.12 bits per heavy atom. The number of hydrogen-bond acceptors (Lipinski definition) is 4. The van der Waals surface area contributed by atoms with E-state index >= 15 is 0 Å². The Balaban J connectivity index is 1.41. The van der Waals surface area contributed by atoms with Crippen LogP contribution < -0.4 is 10.6 Å². The molecule has 1 unspecified atom stereocenters. The van der Waals surface area contributed by atoms with Crippen LogP contribution in [0, 0.1) is 5.92 Å².